The molecule has 2 aromatic rings. The zero-order chi connectivity index (χ0) is 30.1. The SMILES string of the molecule is CCOc1ccc(N2CC=C[C@@H]3O[C@]45C=CCN(c6ccc(OC)cc6)C(=O)C4N(CCCCO)C(=O)[C@@H]5[C@@H]3C2=O)cc1. The Morgan fingerprint density at radius 1 is 0.884 bits per heavy atom. The Morgan fingerprint density at radius 2 is 1.53 bits per heavy atom. The van der Waals surface area contributed by atoms with Crippen molar-refractivity contribution in [3.05, 3.63) is 72.8 Å². The summed E-state index contributed by atoms with van der Waals surface area (Å²) in [5, 5.41) is 9.44. The molecule has 43 heavy (non-hydrogen) atoms. The number of hydrogen-bond acceptors (Lipinski definition) is 7. The van der Waals surface area contributed by atoms with Crippen LogP contribution >= 0.6 is 0 Å². The molecule has 0 aliphatic carbocycles. The molecule has 0 radical (unpaired) electrons. The fraction of sp³-hybridized carbons (Fsp3) is 0.424. The van der Waals surface area contributed by atoms with E-state index >= 15 is 0 Å². The molecule has 10 heteroatoms. The number of rotatable bonds is 9. The van der Waals surface area contributed by atoms with Gasteiger partial charge in [0, 0.05) is 37.6 Å². The van der Waals surface area contributed by atoms with Gasteiger partial charge >= 0.3 is 0 Å². The van der Waals surface area contributed by atoms with E-state index in [2.05, 4.69) is 0 Å². The quantitative estimate of drug-likeness (QED) is 0.355. The number of anilines is 2. The van der Waals surface area contributed by atoms with Crippen LogP contribution < -0.4 is 19.3 Å². The van der Waals surface area contributed by atoms with Crippen molar-refractivity contribution in [1.29, 1.82) is 0 Å². The first kappa shape index (κ1) is 28.9. The monoisotopic (exact) mass is 587 g/mol. The highest BCUT2D eigenvalue weighted by atomic mass is 16.5. The number of nitrogens with zero attached hydrogens (tertiary/aromatic N) is 3. The molecule has 4 aliphatic heterocycles. The van der Waals surface area contributed by atoms with Gasteiger partial charge < -0.3 is 34.0 Å². The van der Waals surface area contributed by atoms with Crippen LogP contribution in [0.1, 0.15) is 19.8 Å². The maximum atomic E-state index is 14.4. The first-order valence-electron chi connectivity index (χ1n) is 14.9. The number of fused-ring (bicyclic) bond motifs is 2. The van der Waals surface area contributed by atoms with Crippen molar-refractivity contribution in [3.8, 4) is 11.5 Å². The first-order valence-corrected chi connectivity index (χ1v) is 14.9. The molecule has 1 spiro atoms. The Balaban J connectivity index is 1.38. The summed E-state index contributed by atoms with van der Waals surface area (Å²) in [6, 6.07) is 13.6. The third-order valence-corrected chi connectivity index (χ3v) is 8.81. The Morgan fingerprint density at radius 3 is 2.19 bits per heavy atom. The smallest absolute Gasteiger partial charge is 0.253 e. The van der Waals surface area contributed by atoms with Crippen LogP contribution in [0.2, 0.25) is 0 Å². The molecule has 1 N–H and O–H groups in total. The molecule has 0 bridgehead atoms. The number of aliphatic hydroxyl groups is 1. The minimum Gasteiger partial charge on any atom is -0.497 e. The van der Waals surface area contributed by atoms with Crippen LogP contribution in [0, 0.1) is 11.8 Å². The van der Waals surface area contributed by atoms with Crippen molar-refractivity contribution in [2.45, 2.75) is 37.5 Å². The number of ether oxygens (including phenoxy) is 3. The number of likely N-dealkylation sites (tertiary alicyclic amines) is 1. The predicted molar refractivity (Wildman–Crippen MR) is 160 cm³/mol. The van der Waals surface area contributed by atoms with Gasteiger partial charge in [0.25, 0.3) is 5.91 Å². The van der Waals surface area contributed by atoms with Crippen LogP contribution in [0.15, 0.2) is 72.8 Å². The minimum atomic E-state index is -1.31. The largest absolute Gasteiger partial charge is 0.497 e. The molecule has 1 unspecified atom stereocenters. The van der Waals surface area contributed by atoms with E-state index in [-0.39, 0.29) is 37.4 Å². The van der Waals surface area contributed by atoms with Gasteiger partial charge in [0.2, 0.25) is 11.8 Å². The number of benzene rings is 2. The Bertz CT molecular complexity index is 1420. The van der Waals surface area contributed by atoms with Gasteiger partial charge in [-0.2, -0.15) is 0 Å². The lowest BCUT2D eigenvalue weighted by Crippen LogP contribution is -2.55. The minimum absolute atomic E-state index is 0.0192. The summed E-state index contributed by atoms with van der Waals surface area (Å²) >= 11 is 0. The van der Waals surface area contributed by atoms with Gasteiger partial charge in [-0.25, -0.2) is 0 Å². The molecular formula is C33H37N3O7. The van der Waals surface area contributed by atoms with Gasteiger partial charge in [-0.3, -0.25) is 14.4 Å². The lowest BCUT2D eigenvalue weighted by atomic mass is 9.77. The van der Waals surface area contributed by atoms with E-state index in [0.717, 1.165) is 0 Å². The number of methoxy groups -OCH3 is 1. The lowest BCUT2D eigenvalue weighted by Gasteiger charge is -2.35. The van der Waals surface area contributed by atoms with E-state index < -0.39 is 29.6 Å². The maximum Gasteiger partial charge on any atom is 0.253 e. The molecule has 2 saturated heterocycles. The average Bonchev–Trinajstić information content (AvgIpc) is 3.33. The van der Waals surface area contributed by atoms with Crippen molar-refractivity contribution in [3.63, 3.8) is 0 Å². The highest BCUT2D eigenvalue weighted by molar-refractivity contribution is 6.07. The second-order valence-electron chi connectivity index (χ2n) is 11.2. The van der Waals surface area contributed by atoms with Gasteiger partial charge in [-0.1, -0.05) is 24.3 Å². The number of carbonyl (C=O) groups is 3. The summed E-state index contributed by atoms with van der Waals surface area (Å²) in [4.78, 5) is 48.0. The predicted octanol–water partition coefficient (Wildman–Crippen LogP) is 2.95. The van der Waals surface area contributed by atoms with Crippen LogP contribution in [0.3, 0.4) is 0 Å². The summed E-state index contributed by atoms with van der Waals surface area (Å²) in [6.07, 6.45) is 7.78. The van der Waals surface area contributed by atoms with Gasteiger partial charge in [0.15, 0.2) is 0 Å². The zero-order valence-electron chi connectivity index (χ0n) is 24.4. The van der Waals surface area contributed by atoms with E-state index in [9.17, 15) is 19.5 Å². The first-order chi connectivity index (χ1) is 20.9. The van der Waals surface area contributed by atoms with Crippen molar-refractivity contribution < 1.29 is 33.7 Å². The second-order valence-corrected chi connectivity index (χ2v) is 11.2. The highest BCUT2D eigenvalue weighted by Gasteiger charge is 2.71. The molecule has 0 saturated carbocycles. The lowest BCUT2D eigenvalue weighted by molar-refractivity contribution is -0.140. The third-order valence-electron chi connectivity index (χ3n) is 8.81. The molecule has 6 rings (SSSR count). The fourth-order valence-electron chi connectivity index (χ4n) is 6.89. The van der Waals surface area contributed by atoms with Crippen molar-refractivity contribution in [2.24, 2.45) is 11.8 Å². The number of aliphatic hydroxyl groups excluding tert-OH is 1. The molecule has 10 nitrogen and oxygen atoms in total. The topological polar surface area (TPSA) is 109 Å². The Labute approximate surface area is 251 Å². The van der Waals surface area contributed by atoms with Crippen LogP contribution in [-0.4, -0.2) is 85.4 Å². The Kier molecular flexibility index (Phi) is 7.98. The summed E-state index contributed by atoms with van der Waals surface area (Å²) < 4.78 is 17.6. The average molecular weight is 588 g/mol. The van der Waals surface area contributed by atoms with Gasteiger partial charge in [-0.15, -0.1) is 0 Å². The second kappa shape index (κ2) is 11.9. The summed E-state index contributed by atoms with van der Waals surface area (Å²) in [7, 11) is 1.58. The van der Waals surface area contributed by atoms with Crippen molar-refractivity contribution in [1.82, 2.24) is 4.90 Å². The van der Waals surface area contributed by atoms with E-state index in [1.54, 1.807) is 33.9 Å². The molecule has 4 heterocycles. The molecule has 0 aromatic heterocycles. The van der Waals surface area contributed by atoms with E-state index in [0.29, 0.717) is 48.9 Å². The number of hydrogen-bond donors (Lipinski definition) is 1. The van der Waals surface area contributed by atoms with E-state index in [1.807, 2.05) is 67.6 Å². The molecule has 226 valence electrons. The molecule has 2 aromatic carbocycles. The molecule has 5 atom stereocenters. The van der Waals surface area contributed by atoms with Crippen LogP contribution in [0.5, 0.6) is 11.5 Å². The Hall–Kier alpha value is -4.15. The maximum absolute atomic E-state index is 14.4. The number of unbranched alkanes of at least 4 members (excludes halogenated alkanes) is 1. The van der Waals surface area contributed by atoms with Gasteiger partial charge in [0.05, 0.1) is 31.7 Å². The normalized spacial score (nSPS) is 28.0. The molecule has 3 amide bonds. The van der Waals surface area contributed by atoms with Crippen LogP contribution in [-0.2, 0) is 19.1 Å². The molecule has 4 aliphatic rings. The number of amides is 3. The number of carbonyl (C=O) groups excluding carboxylic acids is 3. The van der Waals surface area contributed by atoms with Gasteiger partial charge in [-0.05, 0) is 68.3 Å². The zero-order valence-corrected chi connectivity index (χ0v) is 24.4. The van der Waals surface area contributed by atoms with Crippen LogP contribution in [0.25, 0.3) is 0 Å². The molecular weight excluding hydrogens is 550 g/mol. The fourth-order valence-corrected chi connectivity index (χ4v) is 6.89. The van der Waals surface area contributed by atoms with Crippen molar-refractivity contribution in [2.75, 3.05) is 49.8 Å². The summed E-state index contributed by atoms with van der Waals surface area (Å²) in [5.74, 6) is -1.09. The van der Waals surface area contributed by atoms with Crippen LogP contribution in [0.4, 0.5) is 11.4 Å². The summed E-state index contributed by atoms with van der Waals surface area (Å²) in [5.41, 5.74) is 0.0504. The van der Waals surface area contributed by atoms with Gasteiger partial charge in [0.1, 0.15) is 23.1 Å². The van der Waals surface area contributed by atoms with E-state index in [1.165, 1.54) is 0 Å². The highest BCUT2D eigenvalue weighted by Crippen LogP contribution is 2.54. The standard InChI is InChI=1S/C33H37N3O7/c1-3-42-25-15-11-22(12-16-25)34-19-6-8-26-27(30(34)38)28-31(39)36(18-4-5-21-37)29-32(40)35(20-7-17-33(28,29)43-26)23-9-13-24(41-2)14-10-23/h6-17,26-29,37H,3-5,18-21H2,1-2H3/t26-,27+,28-,29?,33-/m0/s1. The van der Waals surface area contributed by atoms with E-state index in [4.69, 9.17) is 14.2 Å². The summed E-state index contributed by atoms with van der Waals surface area (Å²) in [6.45, 7) is 3.32. The van der Waals surface area contributed by atoms with Crippen molar-refractivity contribution >= 4 is 29.1 Å². The molecule has 2 fully saturated rings. The third kappa shape index (κ3) is 4.88.